The highest BCUT2D eigenvalue weighted by Gasteiger charge is 2.18. The fourth-order valence-corrected chi connectivity index (χ4v) is 2.10. The number of nitrogens with two attached hydrogens (primary N) is 1. The minimum atomic E-state index is -3.35. The van der Waals surface area contributed by atoms with E-state index in [-0.39, 0.29) is 6.04 Å². The monoisotopic (exact) mass is 253 g/mol. The van der Waals surface area contributed by atoms with E-state index in [9.17, 15) is 8.42 Å². The van der Waals surface area contributed by atoms with Gasteiger partial charge in [-0.15, -0.1) is 0 Å². The van der Waals surface area contributed by atoms with E-state index >= 15 is 0 Å². The van der Waals surface area contributed by atoms with Crippen LogP contribution in [0.5, 0.6) is 0 Å². The van der Waals surface area contributed by atoms with Crippen molar-refractivity contribution < 1.29 is 13.2 Å². The van der Waals surface area contributed by atoms with E-state index < -0.39 is 10.2 Å². The highest BCUT2D eigenvalue weighted by atomic mass is 32.2. The van der Waals surface area contributed by atoms with Gasteiger partial charge in [-0.05, 0) is 20.3 Å². The first-order chi connectivity index (χ1) is 7.41. The molecule has 0 aliphatic rings. The molecule has 0 aromatic heterocycles. The van der Waals surface area contributed by atoms with Crippen molar-refractivity contribution in [3.63, 3.8) is 0 Å². The Kier molecular flexibility index (Phi) is 7.86. The number of rotatable bonds is 9. The SMILES string of the molecule is CC(C)N(C)S(=O)(=O)NCCCOCCN. The van der Waals surface area contributed by atoms with Crippen LogP contribution in [0.3, 0.4) is 0 Å². The Morgan fingerprint density at radius 1 is 1.38 bits per heavy atom. The minimum absolute atomic E-state index is 0.0500. The summed E-state index contributed by atoms with van der Waals surface area (Å²) in [7, 11) is -1.80. The van der Waals surface area contributed by atoms with Crippen molar-refractivity contribution in [2.24, 2.45) is 5.73 Å². The van der Waals surface area contributed by atoms with Crippen molar-refractivity contribution >= 4 is 10.2 Å². The van der Waals surface area contributed by atoms with Gasteiger partial charge in [-0.3, -0.25) is 0 Å². The lowest BCUT2D eigenvalue weighted by Crippen LogP contribution is -2.42. The third kappa shape index (κ3) is 6.39. The lowest BCUT2D eigenvalue weighted by Gasteiger charge is -2.21. The molecule has 0 saturated carbocycles. The molecule has 0 spiro atoms. The smallest absolute Gasteiger partial charge is 0.279 e. The van der Waals surface area contributed by atoms with Gasteiger partial charge in [0, 0.05) is 32.8 Å². The summed E-state index contributed by atoms with van der Waals surface area (Å²) in [6.45, 7) is 5.54. The number of nitrogens with one attached hydrogen (secondary N) is 1. The van der Waals surface area contributed by atoms with E-state index in [0.29, 0.717) is 32.7 Å². The third-order valence-electron chi connectivity index (χ3n) is 2.12. The summed E-state index contributed by atoms with van der Waals surface area (Å²) in [5, 5.41) is 0. The molecule has 16 heavy (non-hydrogen) atoms. The first-order valence-corrected chi connectivity index (χ1v) is 6.86. The zero-order valence-electron chi connectivity index (χ0n) is 10.3. The maximum absolute atomic E-state index is 11.6. The van der Waals surface area contributed by atoms with Gasteiger partial charge in [-0.25, -0.2) is 4.72 Å². The first-order valence-electron chi connectivity index (χ1n) is 5.42. The second-order valence-electron chi connectivity index (χ2n) is 3.76. The number of nitrogens with zero attached hydrogens (tertiary/aromatic N) is 1. The highest BCUT2D eigenvalue weighted by molar-refractivity contribution is 7.87. The lowest BCUT2D eigenvalue weighted by molar-refractivity contribution is 0.140. The molecule has 0 fully saturated rings. The Morgan fingerprint density at radius 3 is 2.50 bits per heavy atom. The van der Waals surface area contributed by atoms with Crippen molar-refractivity contribution in [1.29, 1.82) is 0 Å². The summed E-state index contributed by atoms with van der Waals surface area (Å²) in [6, 6.07) is -0.0500. The van der Waals surface area contributed by atoms with Crippen molar-refractivity contribution in [3.8, 4) is 0 Å². The average molecular weight is 253 g/mol. The standard InChI is InChI=1S/C9H23N3O3S/c1-9(2)12(3)16(13,14)11-6-4-7-15-8-5-10/h9,11H,4-8,10H2,1-3H3. The Balaban J connectivity index is 3.75. The van der Waals surface area contributed by atoms with Crippen LogP contribution < -0.4 is 10.5 Å². The second-order valence-corrected chi connectivity index (χ2v) is 5.58. The number of hydrogen-bond donors (Lipinski definition) is 2. The summed E-state index contributed by atoms with van der Waals surface area (Å²) >= 11 is 0. The van der Waals surface area contributed by atoms with Crippen molar-refractivity contribution in [1.82, 2.24) is 9.03 Å². The van der Waals surface area contributed by atoms with Gasteiger partial charge in [0.25, 0.3) is 10.2 Å². The average Bonchev–Trinajstić information content (AvgIpc) is 2.22. The molecule has 0 bridgehead atoms. The number of hydrogen-bond acceptors (Lipinski definition) is 4. The van der Waals surface area contributed by atoms with Gasteiger partial charge >= 0.3 is 0 Å². The van der Waals surface area contributed by atoms with Crippen LogP contribution in [-0.2, 0) is 14.9 Å². The molecule has 3 N–H and O–H groups in total. The molecule has 0 aliphatic heterocycles. The molecule has 0 aromatic carbocycles. The molecule has 0 aromatic rings. The van der Waals surface area contributed by atoms with Gasteiger partial charge in [0.05, 0.1) is 6.61 Å². The molecular formula is C9H23N3O3S. The van der Waals surface area contributed by atoms with Crippen LogP contribution in [-0.4, -0.2) is 52.1 Å². The van der Waals surface area contributed by atoms with Gasteiger partial charge < -0.3 is 10.5 Å². The first kappa shape index (κ1) is 15.8. The van der Waals surface area contributed by atoms with Gasteiger partial charge in [0.15, 0.2) is 0 Å². The molecule has 0 amide bonds. The van der Waals surface area contributed by atoms with E-state index in [1.54, 1.807) is 7.05 Å². The van der Waals surface area contributed by atoms with Crippen LogP contribution in [0.15, 0.2) is 0 Å². The quantitative estimate of drug-likeness (QED) is 0.544. The molecule has 0 radical (unpaired) electrons. The molecular weight excluding hydrogens is 230 g/mol. The molecule has 0 unspecified atom stereocenters. The summed E-state index contributed by atoms with van der Waals surface area (Å²) in [4.78, 5) is 0. The third-order valence-corrected chi connectivity index (χ3v) is 3.87. The van der Waals surface area contributed by atoms with Crippen LogP contribution in [0, 0.1) is 0 Å². The van der Waals surface area contributed by atoms with Crippen LogP contribution in [0.4, 0.5) is 0 Å². The molecule has 6 nitrogen and oxygen atoms in total. The topological polar surface area (TPSA) is 84.7 Å². The lowest BCUT2D eigenvalue weighted by atomic mass is 10.4. The second kappa shape index (κ2) is 7.97. The zero-order chi connectivity index (χ0) is 12.6. The summed E-state index contributed by atoms with van der Waals surface area (Å²) in [5.41, 5.74) is 5.24. The number of ether oxygens (including phenoxy) is 1. The van der Waals surface area contributed by atoms with Gasteiger partial charge in [0.1, 0.15) is 0 Å². The molecule has 7 heteroatoms. The van der Waals surface area contributed by atoms with Crippen LogP contribution in [0.2, 0.25) is 0 Å². The summed E-state index contributed by atoms with van der Waals surface area (Å²) in [5.74, 6) is 0. The van der Waals surface area contributed by atoms with Crippen molar-refractivity contribution in [3.05, 3.63) is 0 Å². The molecule has 98 valence electrons. The zero-order valence-corrected chi connectivity index (χ0v) is 11.1. The molecule has 0 aliphatic carbocycles. The fourth-order valence-electron chi connectivity index (χ4n) is 0.940. The van der Waals surface area contributed by atoms with Crippen LogP contribution >= 0.6 is 0 Å². The van der Waals surface area contributed by atoms with E-state index in [1.807, 2.05) is 13.8 Å². The van der Waals surface area contributed by atoms with Gasteiger partial charge in [-0.1, -0.05) is 0 Å². The Bertz CT molecular complexity index is 267. The molecule has 0 saturated heterocycles. The van der Waals surface area contributed by atoms with Gasteiger partial charge in [-0.2, -0.15) is 12.7 Å². The fraction of sp³-hybridized carbons (Fsp3) is 1.00. The van der Waals surface area contributed by atoms with Crippen molar-refractivity contribution in [2.45, 2.75) is 26.3 Å². The molecule has 0 atom stereocenters. The highest BCUT2D eigenvalue weighted by Crippen LogP contribution is 2.00. The largest absolute Gasteiger partial charge is 0.380 e. The minimum Gasteiger partial charge on any atom is -0.380 e. The maximum Gasteiger partial charge on any atom is 0.279 e. The molecule has 0 heterocycles. The van der Waals surface area contributed by atoms with Crippen LogP contribution in [0.25, 0.3) is 0 Å². The summed E-state index contributed by atoms with van der Waals surface area (Å²) < 4.78 is 32.2. The van der Waals surface area contributed by atoms with Crippen LogP contribution in [0.1, 0.15) is 20.3 Å². The van der Waals surface area contributed by atoms with E-state index in [2.05, 4.69) is 4.72 Å². The predicted octanol–water partition coefficient (Wildman–Crippen LogP) is -0.474. The Morgan fingerprint density at radius 2 is 2.00 bits per heavy atom. The van der Waals surface area contributed by atoms with E-state index in [0.717, 1.165) is 0 Å². The summed E-state index contributed by atoms with van der Waals surface area (Å²) in [6.07, 6.45) is 0.644. The van der Waals surface area contributed by atoms with Gasteiger partial charge in [0.2, 0.25) is 0 Å². The van der Waals surface area contributed by atoms with E-state index in [4.69, 9.17) is 10.5 Å². The van der Waals surface area contributed by atoms with E-state index in [1.165, 1.54) is 4.31 Å². The normalized spacial score (nSPS) is 12.6. The Hall–Kier alpha value is -0.210. The Labute approximate surface area is 98.3 Å². The maximum atomic E-state index is 11.6. The molecule has 0 rings (SSSR count). The predicted molar refractivity (Wildman–Crippen MR) is 64.3 cm³/mol. The van der Waals surface area contributed by atoms with Crippen molar-refractivity contribution in [2.75, 3.05) is 33.4 Å².